The molecule has 2 aromatic rings. The third-order valence-electron chi connectivity index (χ3n) is 2.85. The van der Waals surface area contributed by atoms with E-state index in [-0.39, 0.29) is 18.3 Å². The second-order valence-electron chi connectivity index (χ2n) is 4.56. The van der Waals surface area contributed by atoms with Crippen LogP contribution in [0.3, 0.4) is 0 Å². The van der Waals surface area contributed by atoms with E-state index in [0.717, 1.165) is 10.1 Å². The molecule has 2 rings (SSSR count). The number of ketones is 1. The van der Waals surface area contributed by atoms with Gasteiger partial charge in [0.1, 0.15) is 0 Å². The van der Waals surface area contributed by atoms with E-state index in [1.165, 1.54) is 25.4 Å². The molecule has 0 unspecified atom stereocenters. The van der Waals surface area contributed by atoms with Gasteiger partial charge in [0.25, 0.3) is 5.91 Å². The lowest BCUT2D eigenvalue weighted by Gasteiger charge is -2.11. The summed E-state index contributed by atoms with van der Waals surface area (Å²) in [6, 6.07) is 4.80. The lowest BCUT2D eigenvalue weighted by molar-refractivity contribution is -0.118. The molecule has 0 atom stereocenters. The predicted octanol–water partition coefficient (Wildman–Crippen LogP) is 2.88. The summed E-state index contributed by atoms with van der Waals surface area (Å²) >= 11 is 2.87. The van der Waals surface area contributed by atoms with Crippen molar-refractivity contribution in [2.24, 2.45) is 0 Å². The number of carbonyl (C=O) groups is 2. The SMILES string of the molecule is CCSc1nnc(NC(=O)COc2ccc(C(C)=O)cc2OC)s1. The molecule has 0 fully saturated rings. The first-order valence-electron chi connectivity index (χ1n) is 7.11. The third-order valence-corrected chi connectivity index (χ3v) is 4.70. The summed E-state index contributed by atoms with van der Waals surface area (Å²) in [5, 5.41) is 10.9. The Kier molecular flexibility index (Phi) is 6.56. The Hall–Kier alpha value is -2.13. The van der Waals surface area contributed by atoms with Crippen LogP contribution in [-0.2, 0) is 4.79 Å². The summed E-state index contributed by atoms with van der Waals surface area (Å²) in [7, 11) is 1.47. The number of hydrogen-bond donors (Lipinski definition) is 1. The van der Waals surface area contributed by atoms with E-state index in [1.807, 2.05) is 6.92 Å². The van der Waals surface area contributed by atoms with Gasteiger partial charge in [-0.15, -0.1) is 10.2 Å². The highest BCUT2D eigenvalue weighted by Crippen LogP contribution is 2.28. The molecule has 1 aromatic carbocycles. The molecule has 0 bridgehead atoms. The van der Waals surface area contributed by atoms with E-state index < -0.39 is 0 Å². The number of Topliss-reactive ketones (excluding diaryl/α,β-unsaturated/α-hetero) is 1. The highest BCUT2D eigenvalue weighted by atomic mass is 32.2. The summed E-state index contributed by atoms with van der Waals surface area (Å²) in [4.78, 5) is 23.3. The van der Waals surface area contributed by atoms with Gasteiger partial charge in [-0.3, -0.25) is 14.9 Å². The molecule has 0 aliphatic heterocycles. The summed E-state index contributed by atoms with van der Waals surface area (Å²) in [6.07, 6.45) is 0. The summed E-state index contributed by atoms with van der Waals surface area (Å²) in [5.74, 6) is 1.25. The van der Waals surface area contributed by atoms with Gasteiger partial charge in [-0.05, 0) is 30.9 Å². The lowest BCUT2D eigenvalue weighted by atomic mass is 10.1. The van der Waals surface area contributed by atoms with Gasteiger partial charge in [-0.2, -0.15) is 0 Å². The monoisotopic (exact) mass is 367 g/mol. The summed E-state index contributed by atoms with van der Waals surface area (Å²) < 4.78 is 11.4. The fraction of sp³-hybridized carbons (Fsp3) is 0.333. The first-order valence-corrected chi connectivity index (χ1v) is 8.91. The zero-order valence-electron chi connectivity index (χ0n) is 13.5. The quantitative estimate of drug-likeness (QED) is 0.436. The van der Waals surface area contributed by atoms with Crippen molar-refractivity contribution in [1.29, 1.82) is 0 Å². The highest BCUT2D eigenvalue weighted by Gasteiger charge is 2.12. The van der Waals surface area contributed by atoms with E-state index in [1.54, 1.807) is 30.0 Å². The zero-order valence-corrected chi connectivity index (χ0v) is 15.1. The number of ether oxygens (including phenoxy) is 2. The number of methoxy groups -OCH3 is 1. The largest absolute Gasteiger partial charge is 0.493 e. The Balaban J connectivity index is 1.94. The first kappa shape index (κ1) is 18.2. The molecular weight excluding hydrogens is 350 g/mol. The van der Waals surface area contributed by atoms with Crippen molar-refractivity contribution in [3.63, 3.8) is 0 Å². The van der Waals surface area contributed by atoms with Gasteiger partial charge in [-0.1, -0.05) is 30.0 Å². The molecule has 7 nitrogen and oxygen atoms in total. The molecule has 0 spiro atoms. The normalized spacial score (nSPS) is 10.3. The number of nitrogens with zero attached hydrogens (tertiary/aromatic N) is 2. The van der Waals surface area contributed by atoms with Gasteiger partial charge in [0.2, 0.25) is 5.13 Å². The van der Waals surface area contributed by atoms with Crippen LogP contribution in [0.25, 0.3) is 0 Å². The van der Waals surface area contributed by atoms with Crippen LogP contribution in [0.1, 0.15) is 24.2 Å². The number of rotatable bonds is 8. The van der Waals surface area contributed by atoms with Crippen molar-refractivity contribution in [3.05, 3.63) is 23.8 Å². The molecule has 1 heterocycles. The number of amides is 1. The van der Waals surface area contributed by atoms with Crippen LogP contribution in [0.15, 0.2) is 22.5 Å². The zero-order chi connectivity index (χ0) is 17.5. The maximum absolute atomic E-state index is 11.9. The molecule has 0 aliphatic carbocycles. The molecule has 1 aromatic heterocycles. The number of carbonyl (C=O) groups excluding carboxylic acids is 2. The molecule has 1 N–H and O–H groups in total. The first-order chi connectivity index (χ1) is 11.5. The van der Waals surface area contributed by atoms with Gasteiger partial charge in [0.15, 0.2) is 28.2 Å². The van der Waals surface area contributed by atoms with Crippen molar-refractivity contribution in [2.45, 2.75) is 18.2 Å². The van der Waals surface area contributed by atoms with Gasteiger partial charge in [0, 0.05) is 5.56 Å². The van der Waals surface area contributed by atoms with E-state index in [0.29, 0.717) is 22.2 Å². The molecule has 24 heavy (non-hydrogen) atoms. The van der Waals surface area contributed by atoms with Crippen LogP contribution in [0.5, 0.6) is 11.5 Å². The Morgan fingerprint density at radius 2 is 2.08 bits per heavy atom. The average Bonchev–Trinajstić information content (AvgIpc) is 3.00. The summed E-state index contributed by atoms with van der Waals surface area (Å²) in [6.45, 7) is 3.28. The Bertz CT molecular complexity index is 733. The van der Waals surface area contributed by atoms with Gasteiger partial charge in [0.05, 0.1) is 7.11 Å². The molecule has 1 amide bonds. The van der Waals surface area contributed by atoms with Gasteiger partial charge in [-0.25, -0.2) is 0 Å². The predicted molar refractivity (Wildman–Crippen MR) is 93.4 cm³/mol. The smallest absolute Gasteiger partial charge is 0.264 e. The van der Waals surface area contributed by atoms with Crippen LogP contribution < -0.4 is 14.8 Å². The van der Waals surface area contributed by atoms with Crippen molar-refractivity contribution < 1.29 is 19.1 Å². The fourth-order valence-corrected chi connectivity index (χ4v) is 3.41. The van der Waals surface area contributed by atoms with Crippen molar-refractivity contribution in [3.8, 4) is 11.5 Å². The second-order valence-corrected chi connectivity index (χ2v) is 7.05. The van der Waals surface area contributed by atoms with Gasteiger partial charge >= 0.3 is 0 Å². The van der Waals surface area contributed by atoms with E-state index >= 15 is 0 Å². The lowest BCUT2D eigenvalue weighted by Crippen LogP contribution is -2.20. The third kappa shape index (κ3) is 4.93. The fourth-order valence-electron chi connectivity index (χ4n) is 1.75. The Labute approximate surface area is 147 Å². The second kappa shape index (κ2) is 8.65. The highest BCUT2D eigenvalue weighted by molar-refractivity contribution is 8.01. The maximum Gasteiger partial charge on any atom is 0.264 e. The minimum absolute atomic E-state index is 0.0744. The van der Waals surface area contributed by atoms with Crippen molar-refractivity contribution in [1.82, 2.24) is 10.2 Å². The van der Waals surface area contributed by atoms with Crippen molar-refractivity contribution in [2.75, 3.05) is 24.8 Å². The number of hydrogen-bond acceptors (Lipinski definition) is 8. The average molecular weight is 367 g/mol. The molecular formula is C15H17N3O4S2. The van der Waals surface area contributed by atoms with Gasteiger partial charge < -0.3 is 9.47 Å². The number of anilines is 1. The van der Waals surface area contributed by atoms with Crippen LogP contribution in [-0.4, -0.2) is 41.4 Å². The van der Waals surface area contributed by atoms with Crippen LogP contribution in [0, 0.1) is 0 Å². The number of nitrogens with one attached hydrogen (secondary N) is 1. The van der Waals surface area contributed by atoms with E-state index in [9.17, 15) is 9.59 Å². The van der Waals surface area contributed by atoms with Crippen molar-refractivity contribution >= 4 is 39.9 Å². The molecule has 0 saturated heterocycles. The Morgan fingerprint density at radius 1 is 1.29 bits per heavy atom. The topological polar surface area (TPSA) is 90.4 Å². The minimum Gasteiger partial charge on any atom is -0.493 e. The molecule has 128 valence electrons. The minimum atomic E-state index is -0.350. The number of benzene rings is 1. The molecule has 9 heteroatoms. The molecule has 0 radical (unpaired) electrons. The maximum atomic E-state index is 11.9. The standard InChI is InChI=1S/C15H17N3O4S2/c1-4-23-15-18-17-14(24-15)16-13(20)8-22-11-6-5-10(9(2)19)7-12(11)21-3/h5-7H,4,8H2,1-3H3,(H,16,17,20). The summed E-state index contributed by atoms with van der Waals surface area (Å²) in [5.41, 5.74) is 0.512. The van der Waals surface area contributed by atoms with Crippen LogP contribution >= 0.6 is 23.1 Å². The number of thioether (sulfide) groups is 1. The number of aromatic nitrogens is 2. The van der Waals surface area contributed by atoms with E-state index in [4.69, 9.17) is 9.47 Å². The molecule has 0 aliphatic rings. The van der Waals surface area contributed by atoms with E-state index in [2.05, 4.69) is 15.5 Å². The van der Waals surface area contributed by atoms with Crippen LogP contribution in [0.4, 0.5) is 5.13 Å². The molecule has 0 saturated carbocycles. The Morgan fingerprint density at radius 3 is 2.75 bits per heavy atom. The van der Waals surface area contributed by atoms with Crippen LogP contribution in [0.2, 0.25) is 0 Å².